The molecule has 3 unspecified atom stereocenters. The molecule has 5 fully saturated rings. The predicted molar refractivity (Wildman–Crippen MR) is 122 cm³/mol. The zero-order valence-electron chi connectivity index (χ0n) is 17.4. The lowest BCUT2D eigenvalue weighted by Gasteiger charge is -2.57. The van der Waals surface area contributed by atoms with Gasteiger partial charge in [0.05, 0.1) is 12.2 Å². The van der Waals surface area contributed by atoms with Crippen LogP contribution in [-0.2, 0) is 9.47 Å². The van der Waals surface area contributed by atoms with Crippen LogP contribution < -0.4 is 5.32 Å². The fourth-order valence-electron chi connectivity index (χ4n) is 6.22. The Bertz CT molecular complexity index is 554. The van der Waals surface area contributed by atoms with Crippen LogP contribution in [0.3, 0.4) is 0 Å². The first-order valence-electron chi connectivity index (χ1n) is 11.6. The number of hydrogen-bond donors (Lipinski definition) is 1. The van der Waals surface area contributed by atoms with Crippen molar-refractivity contribution in [2.75, 3.05) is 32.8 Å². The summed E-state index contributed by atoms with van der Waals surface area (Å²) in [6, 6.07) is 0.571. The van der Waals surface area contributed by atoms with Crippen LogP contribution in [0.2, 0.25) is 0 Å². The van der Waals surface area contributed by atoms with Gasteiger partial charge in [-0.15, -0.1) is 24.0 Å². The van der Waals surface area contributed by atoms with Crippen LogP contribution in [0.15, 0.2) is 4.99 Å². The van der Waals surface area contributed by atoms with Crippen LogP contribution in [0.4, 0.5) is 0 Å². The molecule has 5 nitrogen and oxygen atoms in total. The third kappa shape index (κ3) is 3.94. The largest absolute Gasteiger partial charge is 0.378 e. The summed E-state index contributed by atoms with van der Waals surface area (Å²) in [5.41, 5.74) is 0.390. The van der Waals surface area contributed by atoms with Gasteiger partial charge in [0, 0.05) is 50.2 Å². The van der Waals surface area contributed by atoms with Crippen molar-refractivity contribution in [3.63, 3.8) is 0 Å². The van der Waals surface area contributed by atoms with E-state index in [1.54, 1.807) is 0 Å². The Morgan fingerprint density at radius 2 is 1.89 bits per heavy atom. The molecule has 3 saturated carbocycles. The topological polar surface area (TPSA) is 46.1 Å². The summed E-state index contributed by atoms with van der Waals surface area (Å²) in [7, 11) is 0. The molecule has 1 N–H and O–H groups in total. The van der Waals surface area contributed by atoms with Crippen molar-refractivity contribution in [3.8, 4) is 0 Å². The van der Waals surface area contributed by atoms with Crippen molar-refractivity contribution in [2.45, 2.75) is 83.0 Å². The number of rotatable bonds is 5. The molecule has 3 aliphatic carbocycles. The zero-order chi connectivity index (χ0) is 18.3. The summed E-state index contributed by atoms with van der Waals surface area (Å²) in [6.45, 7) is 7.11. The maximum atomic E-state index is 6.16. The maximum Gasteiger partial charge on any atom is 0.194 e. The number of likely N-dealkylation sites (tertiary alicyclic amines) is 1. The van der Waals surface area contributed by atoms with E-state index in [0.717, 1.165) is 57.6 Å². The molecule has 2 saturated heterocycles. The van der Waals surface area contributed by atoms with Gasteiger partial charge < -0.3 is 19.7 Å². The second kappa shape index (κ2) is 8.96. The number of ether oxygens (including phenoxy) is 2. The molecule has 0 amide bonds. The van der Waals surface area contributed by atoms with Crippen molar-refractivity contribution in [1.82, 2.24) is 10.2 Å². The number of halogens is 1. The van der Waals surface area contributed by atoms with Gasteiger partial charge in [-0.1, -0.05) is 12.8 Å². The van der Waals surface area contributed by atoms with E-state index in [2.05, 4.69) is 17.1 Å². The highest BCUT2D eigenvalue weighted by atomic mass is 127. The molecule has 160 valence electrons. The van der Waals surface area contributed by atoms with Gasteiger partial charge in [-0.2, -0.15) is 0 Å². The third-order valence-electron chi connectivity index (χ3n) is 7.88. The van der Waals surface area contributed by atoms with Crippen LogP contribution in [0.1, 0.15) is 64.7 Å². The lowest BCUT2D eigenvalue weighted by molar-refractivity contribution is -0.125. The van der Waals surface area contributed by atoms with Crippen LogP contribution in [0.25, 0.3) is 0 Å². The molecular formula is C22H38IN3O2. The highest BCUT2D eigenvalue weighted by Crippen LogP contribution is 2.60. The van der Waals surface area contributed by atoms with Crippen molar-refractivity contribution in [3.05, 3.63) is 0 Å². The number of piperidine rings is 1. The quantitative estimate of drug-likeness (QED) is 0.352. The fourth-order valence-corrected chi connectivity index (χ4v) is 6.22. The first-order chi connectivity index (χ1) is 13.3. The average molecular weight is 503 g/mol. The van der Waals surface area contributed by atoms with Gasteiger partial charge in [0.15, 0.2) is 5.96 Å². The second-order valence-corrected chi connectivity index (χ2v) is 9.57. The predicted octanol–water partition coefficient (Wildman–Crippen LogP) is 3.81. The highest BCUT2D eigenvalue weighted by Gasteiger charge is 2.65. The standard InChI is InChI=1S/C22H37N3O2.HI/c1-2-23-21(25-12-7-17(8-13-25)27-15-16-5-6-16)24-19-18-9-14-26-20(18)22(19)10-3-4-11-22;/h16-20H,2-15H2,1H3,(H,23,24);1H. The summed E-state index contributed by atoms with van der Waals surface area (Å²) in [4.78, 5) is 7.39. The summed E-state index contributed by atoms with van der Waals surface area (Å²) in [5.74, 6) is 2.72. The van der Waals surface area contributed by atoms with Crippen molar-refractivity contribution >= 4 is 29.9 Å². The molecule has 5 rings (SSSR count). The van der Waals surface area contributed by atoms with E-state index in [0.29, 0.717) is 29.6 Å². The van der Waals surface area contributed by atoms with E-state index < -0.39 is 0 Å². The second-order valence-electron chi connectivity index (χ2n) is 9.57. The van der Waals surface area contributed by atoms with Crippen LogP contribution in [0, 0.1) is 17.3 Å². The van der Waals surface area contributed by atoms with E-state index in [-0.39, 0.29) is 24.0 Å². The SMILES string of the molecule is CCN=C(NC1C2CCOC2C12CCCC2)N1CCC(OCC2CC2)CC1.I. The number of hydrogen-bond acceptors (Lipinski definition) is 3. The van der Waals surface area contributed by atoms with Crippen molar-refractivity contribution in [1.29, 1.82) is 0 Å². The van der Waals surface area contributed by atoms with Gasteiger partial charge in [-0.3, -0.25) is 4.99 Å². The maximum absolute atomic E-state index is 6.16. The van der Waals surface area contributed by atoms with E-state index >= 15 is 0 Å². The lowest BCUT2D eigenvalue weighted by Crippen LogP contribution is -2.69. The molecule has 6 heteroatoms. The van der Waals surface area contributed by atoms with E-state index in [1.807, 2.05) is 0 Å². The zero-order valence-corrected chi connectivity index (χ0v) is 19.7. The van der Waals surface area contributed by atoms with Gasteiger partial charge in [-0.25, -0.2) is 0 Å². The Labute approximate surface area is 187 Å². The third-order valence-corrected chi connectivity index (χ3v) is 7.88. The molecule has 2 heterocycles. The molecular weight excluding hydrogens is 465 g/mol. The Hall–Kier alpha value is -0.0800. The first kappa shape index (κ1) is 21.2. The molecule has 0 bridgehead atoms. The van der Waals surface area contributed by atoms with Gasteiger partial charge in [0.2, 0.25) is 0 Å². The normalized spacial score (nSPS) is 34.8. The van der Waals surface area contributed by atoms with E-state index in [1.165, 1.54) is 44.9 Å². The first-order valence-corrected chi connectivity index (χ1v) is 11.6. The Morgan fingerprint density at radius 3 is 2.57 bits per heavy atom. The van der Waals surface area contributed by atoms with Gasteiger partial charge in [-0.05, 0) is 57.8 Å². The number of aliphatic imine (C=N–C) groups is 1. The molecule has 0 radical (unpaired) electrons. The van der Waals surface area contributed by atoms with Crippen LogP contribution in [0.5, 0.6) is 0 Å². The minimum absolute atomic E-state index is 0. The average Bonchev–Trinajstić information content (AvgIpc) is 3.18. The molecule has 1 spiro atoms. The minimum atomic E-state index is 0. The van der Waals surface area contributed by atoms with Crippen LogP contribution in [-0.4, -0.2) is 62.0 Å². The molecule has 0 aromatic carbocycles. The Balaban J connectivity index is 0.00000192. The number of nitrogens with one attached hydrogen (secondary N) is 1. The van der Waals surface area contributed by atoms with Gasteiger partial charge >= 0.3 is 0 Å². The number of fused-ring (bicyclic) bond motifs is 2. The van der Waals surface area contributed by atoms with Crippen molar-refractivity contribution in [2.24, 2.45) is 22.2 Å². The van der Waals surface area contributed by atoms with Gasteiger partial charge in [0.25, 0.3) is 0 Å². The molecule has 3 atom stereocenters. The summed E-state index contributed by atoms with van der Waals surface area (Å²) in [6.07, 6.45) is 12.7. The van der Waals surface area contributed by atoms with E-state index in [9.17, 15) is 0 Å². The molecule has 0 aromatic rings. The summed E-state index contributed by atoms with van der Waals surface area (Å²) < 4.78 is 12.3. The highest BCUT2D eigenvalue weighted by molar-refractivity contribution is 14.0. The minimum Gasteiger partial charge on any atom is -0.378 e. The Morgan fingerprint density at radius 1 is 1.14 bits per heavy atom. The molecule has 2 aliphatic heterocycles. The van der Waals surface area contributed by atoms with Crippen LogP contribution >= 0.6 is 24.0 Å². The summed E-state index contributed by atoms with van der Waals surface area (Å²) >= 11 is 0. The molecule has 28 heavy (non-hydrogen) atoms. The Kier molecular flexibility index (Phi) is 6.77. The number of guanidine groups is 1. The lowest BCUT2D eigenvalue weighted by atomic mass is 9.54. The molecule has 5 aliphatic rings. The van der Waals surface area contributed by atoms with E-state index in [4.69, 9.17) is 14.5 Å². The monoisotopic (exact) mass is 503 g/mol. The summed E-state index contributed by atoms with van der Waals surface area (Å²) in [5, 5.41) is 3.96. The number of nitrogens with zero attached hydrogens (tertiary/aromatic N) is 2. The molecule has 0 aromatic heterocycles. The fraction of sp³-hybridized carbons (Fsp3) is 0.955. The van der Waals surface area contributed by atoms with Crippen molar-refractivity contribution < 1.29 is 9.47 Å². The van der Waals surface area contributed by atoms with Gasteiger partial charge in [0.1, 0.15) is 0 Å². The smallest absolute Gasteiger partial charge is 0.194 e.